The summed E-state index contributed by atoms with van der Waals surface area (Å²) in [6.07, 6.45) is -2.37. The second-order valence-electron chi connectivity index (χ2n) is 17.3. The van der Waals surface area contributed by atoms with Crippen molar-refractivity contribution in [3.63, 3.8) is 0 Å². The first-order chi connectivity index (χ1) is 34.2. The van der Waals surface area contributed by atoms with E-state index in [1.165, 1.54) is 43.3 Å². The van der Waals surface area contributed by atoms with Gasteiger partial charge in [0.05, 0.1) is 22.4 Å². The third-order valence-electron chi connectivity index (χ3n) is 8.80. The van der Waals surface area contributed by atoms with Gasteiger partial charge in [-0.3, -0.25) is 35.1 Å². The number of anilines is 7. The maximum atomic E-state index is 13.6. The highest BCUT2D eigenvalue weighted by atomic mass is 19.1. The van der Waals surface area contributed by atoms with Crippen molar-refractivity contribution >= 4 is 81.7 Å². The molecule has 0 aromatic heterocycles. The topological polar surface area (TPSA) is 242 Å². The molecular formula is C52H51F4N7O10. The van der Waals surface area contributed by atoms with E-state index in [9.17, 15) is 51.1 Å². The van der Waals surface area contributed by atoms with E-state index in [4.69, 9.17) is 14.6 Å². The Morgan fingerprint density at radius 1 is 0.411 bits per heavy atom. The molecule has 6 rings (SSSR count). The number of ether oxygens (including phenoxy) is 2. The van der Waals surface area contributed by atoms with Crippen LogP contribution in [-0.2, 0) is 14.3 Å². The van der Waals surface area contributed by atoms with Crippen LogP contribution in [0.15, 0.2) is 133 Å². The Kier molecular flexibility index (Phi) is 19.7. The van der Waals surface area contributed by atoms with Crippen LogP contribution in [0.1, 0.15) is 79.5 Å². The molecule has 0 aliphatic rings. The number of amides is 7. The summed E-state index contributed by atoms with van der Waals surface area (Å²) in [6, 6.07) is 30.5. The summed E-state index contributed by atoms with van der Waals surface area (Å²) in [5, 5.41) is 26.1. The van der Waals surface area contributed by atoms with Crippen LogP contribution in [0.5, 0.6) is 0 Å². The SMILES string of the molecule is CC(=O)Nc1ccccc1C(=O)Nc1ccc(NC(=O)O)cc1.CC(C)(C)OC(=O)Nc1ccc(NC(=O)c2cc(F)ccc2F)cc1.CC(C)(C)OC(=O)Nc1ccc(NC(=O)c2ccc(F)cc2F)cc1. The lowest BCUT2D eigenvalue weighted by atomic mass is 10.1. The van der Waals surface area contributed by atoms with Gasteiger partial charge >= 0.3 is 18.3 Å². The third kappa shape index (κ3) is 19.9. The van der Waals surface area contributed by atoms with E-state index in [0.29, 0.717) is 51.4 Å². The highest BCUT2D eigenvalue weighted by molar-refractivity contribution is 6.10. The smallest absolute Gasteiger partial charge is 0.412 e. The number of hydrogen-bond donors (Lipinski definition) is 8. The van der Waals surface area contributed by atoms with Crippen LogP contribution in [0.2, 0.25) is 0 Å². The molecule has 0 atom stereocenters. The van der Waals surface area contributed by atoms with Crippen LogP contribution in [0, 0.1) is 23.3 Å². The zero-order valence-electron chi connectivity index (χ0n) is 40.3. The second-order valence-corrected chi connectivity index (χ2v) is 17.3. The molecule has 7 amide bonds. The average Bonchev–Trinajstić information content (AvgIpc) is 3.28. The van der Waals surface area contributed by atoms with Crippen molar-refractivity contribution in [1.29, 1.82) is 0 Å². The number of carboxylic acid groups (broad SMARTS) is 1. The highest BCUT2D eigenvalue weighted by Crippen LogP contribution is 2.22. The highest BCUT2D eigenvalue weighted by Gasteiger charge is 2.19. The zero-order valence-corrected chi connectivity index (χ0v) is 40.3. The maximum absolute atomic E-state index is 13.6. The van der Waals surface area contributed by atoms with Crippen molar-refractivity contribution in [3.8, 4) is 0 Å². The number of nitrogens with one attached hydrogen (secondary N) is 7. The van der Waals surface area contributed by atoms with Gasteiger partial charge in [-0.15, -0.1) is 0 Å². The van der Waals surface area contributed by atoms with Crippen molar-refractivity contribution in [3.05, 3.63) is 173 Å². The fraction of sp³-hybridized carbons (Fsp3) is 0.173. The van der Waals surface area contributed by atoms with E-state index in [1.54, 1.807) is 102 Å². The molecule has 382 valence electrons. The molecule has 0 fully saturated rings. The summed E-state index contributed by atoms with van der Waals surface area (Å²) in [5.74, 6) is -5.35. The minimum atomic E-state index is -1.16. The minimum absolute atomic E-state index is 0.266. The summed E-state index contributed by atoms with van der Waals surface area (Å²) in [4.78, 5) is 81.3. The van der Waals surface area contributed by atoms with Crippen LogP contribution in [-0.4, -0.2) is 58.2 Å². The van der Waals surface area contributed by atoms with Crippen LogP contribution < -0.4 is 37.2 Å². The van der Waals surface area contributed by atoms with Crippen molar-refractivity contribution in [2.75, 3.05) is 37.2 Å². The van der Waals surface area contributed by atoms with Gasteiger partial charge in [0, 0.05) is 47.1 Å². The van der Waals surface area contributed by atoms with Crippen molar-refractivity contribution in [1.82, 2.24) is 0 Å². The lowest BCUT2D eigenvalue weighted by Gasteiger charge is -2.19. The zero-order chi connectivity index (χ0) is 54.0. The molecule has 0 spiro atoms. The molecule has 0 aliphatic heterocycles. The largest absolute Gasteiger partial charge is 0.465 e. The lowest BCUT2D eigenvalue weighted by molar-refractivity contribution is -0.114. The molecule has 8 N–H and O–H groups in total. The van der Waals surface area contributed by atoms with E-state index >= 15 is 0 Å². The summed E-state index contributed by atoms with van der Waals surface area (Å²) in [5.41, 5.74) is 1.45. The molecule has 0 saturated heterocycles. The van der Waals surface area contributed by atoms with Gasteiger partial charge < -0.3 is 35.8 Å². The van der Waals surface area contributed by atoms with Gasteiger partial charge in [0.1, 0.15) is 34.5 Å². The van der Waals surface area contributed by atoms with Gasteiger partial charge in [0.25, 0.3) is 17.7 Å². The van der Waals surface area contributed by atoms with Crippen LogP contribution in [0.3, 0.4) is 0 Å². The molecule has 0 unspecified atom stereocenters. The first-order valence-electron chi connectivity index (χ1n) is 21.7. The van der Waals surface area contributed by atoms with Gasteiger partial charge in [0.2, 0.25) is 5.91 Å². The molecule has 0 bridgehead atoms. The number of rotatable bonds is 10. The van der Waals surface area contributed by atoms with Crippen molar-refractivity contribution in [2.24, 2.45) is 0 Å². The minimum Gasteiger partial charge on any atom is -0.465 e. The van der Waals surface area contributed by atoms with E-state index in [2.05, 4.69) is 37.2 Å². The molecule has 0 heterocycles. The van der Waals surface area contributed by atoms with Gasteiger partial charge in [-0.1, -0.05) is 12.1 Å². The molecule has 21 heteroatoms. The standard InChI is InChI=1S/2C18H18F2N2O3.C16H15N3O4/c1-18(2,3)25-17(24)22-13-7-5-12(6-8-13)21-16(23)14-10-11(19)4-9-15(14)20;1-18(2,3)25-17(24)22-13-7-5-12(6-8-13)21-16(23)14-9-4-11(19)10-15(14)20;1-10(20)17-14-5-3-2-4-13(14)15(21)18-11-6-8-12(9-7-11)19-16(22)23/h2*4-10H,1-3H3,(H,21,23)(H,22,24);2-9,19H,1H3,(H,17,20)(H,18,21)(H,22,23). The first kappa shape index (κ1) is 56.3. The molecule has 0 saturated carbocycles. The number of para-hydroxylation sites is 1. The van der Waals surface area contributed by atoms with Gasteiger partial charge in [-0.2, -0.15) is 0 Å². The fourth-order valence-electron chi connectivity index (χ4n) is 5.80. The van der Waals surface area contributed by atoms with E-state index in [1.807, 2.05) is 0 Å². The number of carbonyl (C=O) groups is 7. The number of benzene rings is 6. The fourth-order valence-corrected chi connectivity index (χ4v) is 5.80. The molecule has 0 aliphatic carbocycles. The summed E-state index contributed by atoms with van der Waals surface area (Å²) in [7, 11) is 0. The summed E-state index contributed by atoms with van der Waals surface area (Å²) in [6.45, 7) is 11.9. The van der Waals surface area contributed by atoms with Crippen LogP contribution in [0.25, 0.3) is 0 Å². The summed E-state index contributed by atoms with van der Waals surface area (Å²) < 4.78 is 63.4. The van der Waals surface area contributed by atoms with Gasteiger partial charge in [-0.05, 0) is 157 Å². The van der Waals surface area contributed by atoms with E-state index in [-0.39, 0.29) is 17.4 Å². The molecule has 6 aromatic rings. The Morgan fingerprint density at radius 2 is 0.781 bits per heavy atom. The Balaban J connectivity index is 0.000000238. The monoisotopic (exact) mass is 1010 g/mol. The predicted molar refractivity (Wildman–Crippen MR) is 268 cm³/mol. The third-order valence-corrected chi connectivity index (χ3v) is 8.80. The average molecular weight is 1010 g/mol. The van der Waals surface area contributed by atoms with Crippen LogP contribution in [0.4, 0.5) is 71.8 Å². The normalized spacial score (nSPS) is 10.6. The van der Waals surface area contributed by atoms with E-state index in [0.717, 1.165) is 30.3 Å². The maximum Gasteiger partial charge on any atom is 0.412 e. The number of hydrogen-bond acceptors (Lipinski definition) is 9. The van der Waals surface area contributed by atoms with Gasteiger partial charge in [-0.25, -0.2) is 31.9 Å². The number of carbonyl (C=O) groups excluding carboxylic acids is 6. The summed E-state index contributed by atoms with van der Waals surface area (Å²) >= 11 is 0. The molecule has 6 aromatic carbocycles. The Labute approximate surface area is 416 Å². The Bertz CT molecular complexity index is 2940. The Hall–Kier alpha value is -9.27. The van der Waals surface area contributed by atoms with Crippen LogP contribution >= 0.6 is 0 Å². The van der Waals surface area contributed by atoms with Crippen molar-refractivity contribution < 1.29 is 65.7 Å². The Morgan fingerprint density at radius 3 is 1.19 bits per heavy atom. The van der Waals surface area contributed by atoms with Gasteiger partial charge in [0.15, 0.2) is 0 Å². The molecule has 17 nitrogen and oxygen atoms in total. The first-order valence-corrected chi connectivity index (χ1v) is 21.7. The molecular weight excluding hydrogens is 959 g/mol. The molecule has 73 heavy (non-hydrogen) atoms. The quantitative estimate of drug-likeness (QED) is 0.0604. The lowest BCUT2D eigenvalue weighted by Crippen LogP contribution is -2.27. The second kappa shape index (κ2) is 25.5. The molecule has 0 radical (unpaired) electrons. The predicted octanol–water partition coefficient (Wildman–Crippen LogP) is 12.1. The van der Waals surface area contributed by atoms with E-state index < -0.39 is 70.1 Å². The van der Waals surface area contributed by atoms with Crippen molar-refractivity contribution in [2.45, 2.75) is 59.7 Å². The number of halogens is 4.